The summed E-state index contributed by atoms with van der Waals surface area (Å²) in [5, 5.41) is 7.49. The first-order valence-electron chi connectivity index (χ1n) is 8.19. The number of hydrazone groups is 1. The molecule has 142 valence electrons. The number of nitrogens with zero attached hydrogens (tertiary/aromatic N) is 1. The third-order valence-electron chi connectivity index (χ3n) is 3.81. The van der Waals surface area contributed by atoms with Gasteiger partial charge in [-0.05, 0) is 55.0 Å². The van der Waals surface area contributed by atoms with Crippen LogP contribution in [-0.2, 0) is 0 Å². The fourth-order valence-electron chi connectivity index (χ4n) is 2.30. The van der Waals surface area contributed by atoms with Gasteiger partial charge in [0.1, 0.15) is 0 Å². The van der Waals surface area contributed by atoms with E-state index in [9.17, 15) is 9.59 Å². The molecule has 0 unspecified atom stereocenters. The number of carbonyl (C=O) groups is 2. The third kappa shape index (κ3) is 4.79. The smallest absolute Gasteiger partial charge is 0.291 e. The Morgan fingerprint density at radius 2 is 1.64 bits per heavy atom. The van der Waals surface area contributed by atoms with Crippen molar-refractivity contribution in [2.75, 3.05) is 5.32 Å². The number of halogens is 2. The normalized spacial score (nSPS) is 11.2. The van der Waals surface area contributed by atoms with Crippen molar-refractivity contribution in [3.8, 4) is 0 Å². The minimum atomic E-state index is -0.403. The first kappa shape index (κ1) is 19.7. The number of amides is 2. The zero-order valence-electron chi connectivity index (χ0n) is 14.7. The predicted octanol–water partition coefficient (Wildman–Crippen LogP) is 4.99. The van der Waals surface area contributed by atoms with Crippen LogP contribution >= 0.6 is 23.2 Å². The Bertz CT molecular complexity index is 1030. The molecule has 0 saturated heterocycles. The van der Waals surface area contributed by atoms with Crippen molar-refractivity contribution in [3.63, 3.8) is 0 Å². The third-order valence-corrected chi connectivity index (χ3v) is 4.55. The SMILES string of the molecule is C/C(=N\NC(=O)c1ccc(Cl)c(Cl)c1)c1ccc(NC(=O)c2ccco2)cc1. The lowest BCUT2D eigenvalue weighted by molar-refractivity contribution is 0.0953. The van der Waals surface area contributed by atoms with E-state index in [1.807, 2.05) is 0 Å². The molecule has 0 fully saturated rings. The summed E-state index contributed by atoms with van der Waals surface area (Å²) in [7, 11) is 0. The van der Waals surface area contributed by atoms with Gasteiger partial charge in [0.25, 0.3) is 11.8 Å². The van der Waals surface area contributed by atoms with E-state index in [1.54, 1.807) is 55.5 Å². The Balaban J connectivity index is 1.63. The van der Waals surface area contributed by atoms with Gasteiger partial charge < -0.3 is 9.73 Å². The Morgan fingerprint density at radius 3 is 2.29 bits per heavy atom. The van der Waals surface area contributed by atoms with Crippen LogP contribution in [0.4, 0.5) is 5.69 Å². The fourth-order valence-corrected chi connectivity index (χ4v) is 2.59. The maximum Gasteiger partial charge on any atom is 0.291 e. The van der Waals surface area contributed by atoms with E-state index in [4.69, 9.17) is 27.6 Å². The van der Waals surface area contributed by atoms with Crippen molar-refractivity contribution in [1.29, 1.82) is 0 Å². The van der Waals surface area contributed by atoms with Crippen LogP contribution in [-0.4, -0.2) is 17.5 Å². The zero-order valence-corrected chi connectivity index (χ0v) is 16.2. The molecule has 1 heterocycles. The number of rotatable bonds is 5. The summed E-state index contributed by atoms with van der Waals surface area (Å²) in [6.07, 6.45) is 1.43. The van der Waals surface area contributed by atoms with Crippen LogP contribution in [0.15, 0.2) is 70.4 Å². The Kier molecular flexibility index (Phi) is 6.13. The molecule has 0 aliphatic carbocycles. The van der Waals surface area contributed by atoms with Crippen molar-refractivity contribution in [2.24, 2.45) is 5.10 Å². The highest BCUT2D eigenvalue weighted by Gasteiger charge is 2.10. The summed E-state index contributed by atoms with van der Waals surface area (Å²) in [5.41, 5.74) is 4.81. The van der Waals surface area contributed by atoms with Gasteiger partial charge >= 0.3 is 0 Å². The van der Waals surface area contributed by atoms with E-state index in [0.717, 1.165) is 5.56 Å². The molecule has 1 aromatic heterocycles. The van der Waals surface area contributed by atoms with Gasteiger partial charge in [-0.15, -0.1) is 0 Å². The van der Waals surface area contributed by atoms with E-state index < -0.39 is 5.91 Å². The fraction of sp³-hybridized carbons (Fsp3) is 0.0500. The Hall–Kier alpha value is -3.09. The molecular formula is C20H15Cl2N3O3. The summed E-state index contributed by atoms with van der Waals surface area (Å²) in [4.78, 5) is 24.1. The highest BCUT2D eigenvalue weighted by atomic mass is 35.5. The molecule has 6 nitrogen and oxygen atoms in total. The minimum absolute atomic E-state index is 0.229. The van der Waals surface area contributed by atoms with Crippen LogP contribution in [0.2, 0.25) is 10.0 Å². The predicted molar refractivity (Wildman–Crippen MR) is 109 cm³/mol. The molecule has 0 bridgehead atoms. The van der Waals surface area contributed by atoms with Crippen LogP contribution in [0.5, 0.6) is 0 Å². The first-order chi connectivity index (χ1) is 13.4. The van der Waals surface area contributed by atoms with Gasteiger partial charge in [-0.2, -0.15) is 5.10 Å². The van der Waals surface area contributed by atoms with E-state index in [-0.39, 0.29) is 11.7 Å². The molecule has 3 rings (SSSR count). The lowest BCUT2D eigenvalue weighted by Gasteiger charge is -2.06. The summed E-state index contributed by atoms with van der Waals surface area (Å²) < 4.78 is 5.05. The number of hydrogen-bond acceptors (Lipinski definition) is 4. The molecule has 0 atom stereocenters. The molecule has 2 aromatic carbocycles. The van der Waals surface area contributed by atoms with Crippen molar-refractivity contribution in [3.05, 3.63) is 87.8 Å². The number of anilines is 1. The quantitative estimate of drug-likeness (QED) is 0.454. The molecule has 0 spiro atoms. The van der Waals surface area contributed by atoms with Gasteiger partial charge in [-0.1, -0.05) is 35.3 Å². The Labute approximate surface area is 171 Å². The summed E-state index contributed by atoms with van der Waals surface area (Å²) in [6, 6.07) is 14.8. The Morgan fingerprint density at radius 1 is 0.929 bits per heavy atom. The van der Waals surface area contributed by atoms with E-state index >= 15 is 0 Å². The molecule has 0 aliphatic rings. The number of carbonyl (C=O) groups excluding carboxylic acids is 2. The van der Waals surface area contributed by atoms with Crippen LogP contribution in [0, 0.1) is 0 Å². The molecule has 2 amide bonds. The lowest BCUT2D eigenvalue weighted by atomic mass is 10.1. The second kappa shape index (κ2) is 8.73. The molecule has 0 saturated carbocycles. The van der Waals surface area contributed by atoms with E-state index in [2.05, 4.69) is 15.8 Å². The second-order valence-corrected chi connectivity index (χ2v) is 6.59. The van der Waals surface area contributed by atoms with Crippen LogP contribution < -0.4 is 10.7 Å². The largest absolute Gasteiger partial charge is 0.459 e. The average molecular weight is 416 g/mol. The van der Waals surface area contributed by atoms with Crippen molar-refractivity contribution >= 4 is 46.4 Å². The number of hydrogen-bond donors (Lipinski definition) is 2. The first-order valence-corrected chi connectivity index (χ1v) is 8.94. The average Bonchev–Trinajstić information content (AvgIpc) is 3.23. The van der Waals surface area contributed by atoms with Gasteiger partial charge in [0.05, 0.1) is 22.0 Å². The molecule has 0 aliphatic heterocycles. The van der Waals surface area contributed by atoms with Crippen molar-refractivity contribution < 1.29 is 14.0 Å². The van der Waals surface area contributed by atoms with Gasteiger partial charge in [-0.3, -0.25) is 9.59 Å². The standard InChI is InChI=1S/C20H15Cl2N3O3/c1-12(24-25-19(26)14-6-9-16(21)17(22)11-14)13-4-7-15(8-5-13)23-20(27)18-3-2-10-28-18/h2-11H,1H3,(H,23,27)(H,25,26)/b24-12+. The number of furan rings is 1. The minimum Gasteiger partial charge on any atom is -0.459 e. The monoisotopic (exact) mass is 415 g/mol. The van der Waals surface area contributed by atoms with Crippen molar-refractivity contribution in [2.45, 2.75) is 6.92 Å². The molecule has 3 aromatic rings. The topological polar surface area (TPSA) is 83.7 Å². The zero-order chi connectivity index (χ0) is 20.1. The van der Waals surface area contributed by atoms with Gasteiger partial charge in [-0.25, -0.2) is 5.43 Å². The molecule has 2 N–H and O–H groups in total. The molecular weight excluding hydrogens is 401 g/mol. The molecule has 8 heteroatoms. The highest BCUT2D eigenvalue weighted by molar-refractivity contribution is 6.42. The summed E-state index contributed by atoms with van der Waals surface area (Å²) >= 11 is 11.8. The summed E-state index contributed by atoms with van der Waals surface area (Å²) in [6.45, 7) is 1.76. The second-order valence-electron chi connectivity index (χ2n) is 5.78. The van der Waals surface area contributed by atoms with Gasteiger partial charge in [0.15, 0.2) is 5.76 Å². The molecule has 0 radical (unpaired) electrons. The van der Waals surface area contributed by atoms with Crippen molar-refractivity contribution in [1.82, 2.24) is 5.43 Å². The van der Waals surface area contributed by atoms with Crippen LogP contribution in [0.25, 0.3) is 0 Å². The lowest BCUT2D eigenvalue weighted by Crippen LogP contribution is -2.19. The van der Waals surface area contributed by atoms with Gasteiger partial charge in [0, 0.05) is 11.3 Å². The highest BCUT2D eigenvalue weighted by Crippen LogP contribution is 2.22. The maximum absolute atomic E-state index is 12.2. The van der Waals surface area contributed by atoms with E-state index in [1.165, 1.54) is 12.3 Å². The number of benzene rings is 2. The van der Waals surface area contributed by atoms with Crippen LogP contribution in [0.3, 0.4) is 0 Å². The summed E-state index contributed by atoms with van der Waals surface area (Å²) in [5.74, 6) is -0.510. The maximum atomic E-state index is 12.2. The number of nitrogens with one attached hydrogen (secondary N) is 2. The van der Waals surface area contributed by atoms with Crippen LogP contribution in [0.1, 0.15) is 33.4 Å². The van der Waals surface area contributed by atoms with Gasteiger partial charge in [0.2, 0.25) is 0 Å². The van der Waals surface area contributed by atoms with E-state index in [0.29, 0.717) is 27.0 Å². The molecule has 28 heavy (non-hydrogen) atoms.